The van der Waals surface area contributed by atoms with Crippen molar-refractivity contribution in [3.05, 3.63) is 65.2 Å². The number of amides is 1. The van der Waals surface area contributed by atoms with Crippen LogP contribution in [0.4, 0.5) is 5.69 Å². The number of anilines is 1. The lowest BCUT2D eigenvalue weighted by Crippen LogP contribution is -2.45. The van der Waals surface area contributed by atoms with Crippen LogP contribution in [0.25, 0.3) is 0 Å². The van der Waals surface area contributed by atoms with Crippen molar-refractivity contribution in [3.8, 4) is 0 Å². The SMILES string of the molecule is CN1CCN(c2cccc3c2CC(NC(=O)c2ccccc2)CC3)CC1. The number of hydrogen-bond acceptors (Lipinski definition) is 3. The monoisotopic (exact) mass is 349 g/mol. The summed E-state index contributed by atoms with van der Waals surface area (Å²) in [5, 5.41) is 3.25. The second kappa shape index (κ2) is 7.50. The number of nitrogens with one attached hydrogen (secondary N) is 1. The number of fused-ring (bicyclic) bond motifs is 1. The Balaban J connectivity index is 1.50. The zero-order valence-electron chi connectivity index (χ0n) is 15.4. The lowest BCUT2D eigenvalue weighted by atomic mass is 9.86. The first kappa shape index (κ1) is 17.1. The fraction of sp³-hybridized carbons (Fsp3) is 0.409. The van der Waals surface area contributed by atoms with E-state index < -0.39 is 0 Å². The summed E-state index contributed by atoms with van der Waals surface area (Å²) >= 11 is 0. The van der Waals surface area contributed by atoms with E-state index in [-0.39, 0.29) is 11.9 Å². The van der Waals surface area contributed by atoms with E-state index in [4.69, 9.17) is 0 Å². The Morgan fingerprint density at radius 3 is 2.54 bits per heavy atom. The summed E-state index contributed by atoms with van der Waals surface area (Å²) < 4.78 is 0. The molecule has 1 heterocycles. The summed E-state index contributed by atoms with van der Waals surface area (Å²) in [5.41, 5.74) is 4.99. The minimum absolute atomic E-state index is 0.0381. The van der Waals surface area contributed by atoms with Crippen molar-refractivity contribution in [2.75, 3.05) is 38.1 Å². The van der Waals surface area contributed by atoms with Crippen LogP contribution in [-0.4, -0.2) is 50.1 Å². The summed E-state index contributed by atoms with van der Waals surface area (Å²) in [7, 11) is 2.19. The highest BCUT2D eigenvalue weighted by Gasteiger charge is 2.25. The van der Waals surface area contributed by atoms with Crippen molar-refractivity contribution < 1.29 is 4.79 Å². The zero-order valence-corrected chi connectivity index (χ0v) is 15.4. The molecular formula is C22H27N3O. The van der Waals surface area contributed by atoms with Crippen molar-refractivity contribution in [3.63, 3.8) is 0 Å². The maximum absolute atomic E-state index is 12.5. The normalized spacial score (nSPS) is 20.5. The van der Waals surface area contributed by atoms with E-state index >= 15 is 0 Å². The van der Waals surface area contributed by atoms with Crippen LogP contribution >= 0.6 is 0 Å². The van der Waals surface area contributed by atoms with Crippen molar-refractivity contribution in [1.29, 1.82) is 0 Å². The lowest BCUT2D eigenvalue weighted by Gasteiger charge is -2.37. The topological polar surface area (TPSA) is 35.6 Å². The molecule has 0 radical (unpaired) electrons. The molecule has 2 aromatic rings. The van der Waals surface area contributed by atoms with Gasteiger partial charge in [0.05, 0.1) is 0 Å². The Morgan fingerprint density at radius 2 is 1.77 bits per heavy atom. The molecule has 0 spiro atoms. The van der Waals surface area contributed by atoms with Gasteiger partial charge in [0.15, 0.2) is 0 Å². The van der Waals surface area contributed by atoms with E-state index in [1.54, 1.807) is 0 Å². The van der Waals surface area contributed by atoms with Crippen molar-refractivity contribution in [2.24, 2.45) is 0 Å². The molecule has 4 heteroatoms. The lowest BCUT2D eigenvalue weighted by molar-refractivity contribution is 0.0933. The Morgan fingerprint density at radius 1 is 1.00 bits per heavy atom. The second-order valence-electron chi connectivity index (χ2n) is 7.48. The minimum atomic E-state index is 0.0381. The average Bonchev–Trinajstić information content (AvgIpc) is 2.69. The van der Waals surface area contributed by atoms with Crippen LogP contribution in [0.5, 0.6) is 0 Å². The first-order chi connectivity index (χ1) is 12.7. The third kappa shape index (κ3) is 3.61. The number of carbonyl (C=O) groups excluding carboxylic acids is 1. The Hall–Kier alpha value is -2.33. The molecule has 0 bridgehead atoms. The molecule has 1 unspecified atom stereocenters. The van der Waals surface area contributed by atoms with E-state index in [2.05, 4.69) is 40.4 Å². The van der Waals surface area contributed by atoms with Gasteiger partial charge in [0.2, 0.25) is 0 Å². The largest absolute Gasteiger partial charge is 0.369 e. The first-order valence-corrected chi connectivity index (χ1v) is 9.61. The van der Waals surface area contributed by atoms with Crippen LogP contribution in [0.3, 0.4) is 0 Å². The van der Waals surface area contributed by atoms with E-state index in [1.165, 1.54) is 16.8 Å². The molecule has 1 saturated heterocycles. The third-order valence-electron chi connectivity index (χ3n) is 5.68. The molecular weight excluding hydrogens is 322 g/mol. The molecule has 2 aromatic carbocycles. The number of benzene rings is 2. The maximum atomic E-state index is 12.5. The number of carbonyl (C=O) groups is 1. The molecule has 1 N–H and O–H groups in total. The van der Waals surface area contributed by atoms with E-state index in [0.717, 1.165) is 51.0 Å². The first-order valence-electron chi connectivity index (χ1n) is 9.61. The Kier molecular flexibility index (Phi) is 4.93. The van der Waals surface area contributed by atoms with Crippen molar-refractivity contribution in [1.82, 2.24) is 10.2 Å². The highest BCUT2D eigenvalue weighted by Crippen LogP contribution is 2.31. The van der Waals surface area contributed by atoms with Gasteiger partial charge in [0, 0.05) is 43.5 Å². The van der Waals surface area contributed by atoms with Crippen LogP contribution in [0, 0.1) is 0 Å². The van der Waals surface area contributed by atoms with Gasteiger partial charge in [0.1, 0.15) is 0 Å². The summed E-state index contributed by atoms with van der Waals surface area (Å²) in [6.45, 7) is 4.37. The van der Waals surface area contributed by atoms with Gasteiger partial charge < -0.3 is 15.1 Å². The molecule has 1 aliphatic carbocycles. The van der Waals surface area contributed by atoms with Crippen molar-refractivity contribution >= 4 is 11.6 Å². The minimum Gasteiger partial charge on any atom is -0.369 e. The molecule has 26 heavy (non-hydrogen) atoms. The Bertz CT molecular complexity index is 766. The van der Waals surface area contributed by atoms with E-state index in [1.807, 2.05) is 30.3 Å². The number of nitrogens with zero attached hydrogens (tertiary/aromatic N) is 2. The van der Waals surface area contributed by atoms with E-state index in [9.17, 15) is 4.79 Å². The summed E-state index contributed by atoms with van der Waals surface area (Å²) in [4.78, 5) is 17.4. The number of aryl methyl sites for hydroxylation is 1. The van der Waals surface area contributed by atoms with Gasteiger partial charge in [-0.15, -0.1) is 0 Å². The van der Waals surface area contributed by atoms with Crippen LogP contribution in [0.15, 0.2) is 48.5 Å². The molecule has 1 fully saturated rings. The second-order valence-corrected chi connectivity index (χ2v) is 7.48. The van der Waals surface area contributed by atoms with Crippen LogP contribution < -0.4 is 10.2 Å². The van der Waals surface area contributed by atoms with Gasteiger partial charge >= 0.3 is 0 Å². The smallest absolute Gasteiger partial charge is 0.251 e. The Labute approximate surface area is 155 Å². The fourth-order valence-electron chi connectivity index (χ4n) is 4.09. The summed E-state index contributed by atoms with van der Waals surface area (Å²) in [6.07, 6.45) is 2.98. The summed E-state index contributed by atoms with van der Waals surface area (Å²) in [5.74, 6) is 0.0381. The number of likely N-dealkylation sites (N-methyl/N-ethyl adjacent to an activating group) is 1. The van der Waals surface area contributed by atoms with E-state index in [0.29, 0.717) is 0 Å². The quantitative estimate of drug-likeness (QED) is 0.925. The molecule has 4 nitrogen and oxygen atoms in total. The fourth-order valence-corrected chi connectivity index (χ4v) is 4.09. The number of hydrogen-bond donors (Lipinski definition) is 1. The molecule has 1 aliphatic heterocycles. The molecule has 2 aliphatic rings. The predicted octanol–water partition coefficient (Wildman–Crippen LogP) is 2.73. The summed E-state index contributed by atoms with van der Waals surface area (Å²) in [6, 6.07) is 16.4. The molecule has 136 valence electrons. The molecule has 0 aromatic heterocycles. The molecule has 1 atom stereocenters. The van der Waals surface area contributed by atoms with Crippen LogP contribution in [0.1, 0.15) is 27.9 Å². The highest BCUT2D eigenvalue weighted by atomic mass is 16.1. The maximum Gasteiger partial charge on any atom is 0.251 e. The van der Waals surface area contributed by atoms with Gasteiger partial charge in [0.25, 0.3) is 5.91 Å². The van der Waals surface area contributed by atoms with Crippen molar-refractivity contribution in [2.45, 2.75) is 25.3 Å². The molecule has 0 saturated carbocycles. The standard InChI is InChI=1S/C22H27N3O/c1-24-12-14-25(15-13-24)21-9-5-8-17-10-11-19(16-20(17)21)23-22(26)18-6-3-2-4-7-18/h2-9,19H,10-16H2,1H3,(H,23,26). The number of rotatable bonds is 3. The van der Waals surface area contributed by atoms with Crippen LogP contribution in [0.2, 0.25) is 0 Å². The van der Waals surface area contributed by atoms with Gasteiger partial charge in [-0.25, -0.2) is 0 Å². The predicted molar refractivity (Wildman–Crippen MR) is 106 cm³/mol. The van der Waals surface area contributed by atoms with Gasteiger partial charge in [-0.1, -0.05) is 30.3 Å². The number of piperazine rings is 1. The third-order valence-corrected chi connectivity index (χ3v) is 5.68. The average molecular weight is 349 g/mol. The molecule has 4 rings (SSSR count). The van der Waals surface area contributed by atoms with Gasteiger partial charge in [-0.3, -0.25) is 4.79 Å². The molecule has 1 amide bonds. The van der Waals surface area contributed by atoms with Gasteiger partial charge in [-0.2, -0.15) is 0 Å². The zero-order chi connectivity index (χ0) is 17.9. The van der Waals surface area contributed by atoms with Gasteiger partial charge in [-0.05, 0) is 55.6 Å². The highest BCUT2D eigenvalue weighted by molar-refractivity contribution is 5.94. The van der Waals surface area contributed by atoms with Crippen LogP contribution in [-0.2, 0) is 12.8 Å².